The zero-order chi connectivity index (χ0) is 18.7. The van der Waals surface area contributed by atoms with Crippen molar-refractivity contribution < 1.29 is 4.79 Å². The van der Waals surface area contributed by atoms with E-state index in [0.29, 0.717) is 12.0 Å². The molecule has 0 aliphatic heterocycles. The van der Waals surface area contributed by atoms with Crippen molar-refractivity contribution in [3.05, 3.63) is 29.8 Å². The van der Waals surface area contributed by atoms with E-state index in [1.165, 1.54) is 31.0 Å². The molecule has 1 aliphatic rings. The van der Waals surface area contributed by atoms with Crippen molar-refractivity contribution in [1.29, 1.82) is 0 Å². The van der Waals surface area contributed by atoms with Gasteiger partial charge < -0.3 is 9.88 Å². The number of nitrogens with zero attached hydrogens (tertiary/aromatic N) is 3. The predicted octanol–water partition coefficient (Wildman–Crippen LogP) is 3.97. The van der Waals surface area contributed by atoms with E-state index in [9.17, 15) is 4.79 Å². The third-order valence-electron chi connectivity index (χ3n) is 5.31. The SMILES string of the molecule is Cc1ccccc1-c1nnc(SC(C)C(=O)NC2CCCCC2C)n1C. The molecule has 1 fully saturated rings. The van der Waals surface area contributed by atoms with Gasteiger partial charge in [-0.05, 0) is 38.2 Å². The minimum Gasteiger partial charge on any atom is -0.352 e. The molecule has 1 saturated carbocycles. The summed E-state index contributed by atoms with van der Waals surface area (Å²) in [7, 11) is 1.96. The fourth-order valence-electron chi connectivity index (χ4n) is 3.52. The maximum absolute atomic E-state index is 12.6. The standard InChI is InChI=1S/C20H28N4OS/c1-13-9-5-7-11-16(13)18-22-23-20(24(18)4)26-15(3)19(25)21-17-12-8-6-10-14(17)2/h5,7,9,11,14-15,17H,6,8,10,12H2,1-4H3,(H,21,25). The van der Waals surface area contributed by atoms with Gasteiger partial charge in [0, 0.05) is 18.7 Å². The number of carbonyl (C=O) groups excluding carboxylic acids is 1. The number of aromatic nitrogens is 3. The number of carbonyl (C=O) groups is 1. The average molecular weight is 373 g/mol. The normalized spacial score (nSPS) is 21.4. The molecular formula is C20H28N4OS. The van der Waals surface area contributed by atoms with Crippen LogP contribution < -0.4 is 5.32 Å². The van der Waals surface area contributed by atoms with E-state index in [4.69, 9.17) is 0 Å². The number of benzene rings is 1. The van der Waals surface area contributed by atoms with Crippen LogP contribution in [0.4, 0.5) is 0 Å². The third kappa shape index (κ3) is 4.11. The van der Waals surface area contributed by atoms with Gasteiger partial charge in [-0.1, -0.05) is 55.8 Å². The lowest BCUT2D eigenvalue weighted by Gasteiger charge is -2.30. The molecule has 1 heterocycles. The maximum Gasteiger partial charge on any atom is 0.233 e. The zero-order valence-corrected chi connectivity index (χ0v) is 16.8. The molecule has 26 heavy (non-hydrogen) atoms. The minimum absolute atomic E-state index is 0.0918. The molecule has 1 aromatic heterocycles. The van der Waals surface area contributed by atoms with Gasteiger partial charge >= 0.3 is 0 Å². The Balaban J connectivity index is 1.67. The van der Waals surface area contributed by atoms with Crippen molar-refractivity contribution in [1.82, 2.24) is 20.1 Å². The number of amides is 1. The number of aryl methyl sites for hydroxylation is 1. The third-order valence-corrected chi connectivity index (χ3v) is 6.45. The molecule has 1 aromatic carbocycles. The lowest BCUT2D eigenvalue weighted by molar-refractivity contribution is -0.121. The molecule has 3 unspecified atom stereocenters. The highest BCUT2D eigenvalue weighted by Gasteiger charge is 2.26. The molecule has 2 aromatic rings. The van der Waals surface area contributed by atoms with E-state index in [-0.39, 0.29) is 11.2 Å². The van der Waals surface area contributed by atoms with Crippen LogP contribution in [0.1, 0.15) is 45.1 Å². The molecular weight excluding hydrogens is 344 g/mol. The fraction of sp³-hybridized carbons (Fsp3) is 0.550. The average Bonchev–Trinajstić information content (AvgIpc) is 2.98. The van der Waals surface area contributed by atoms with Gasteiger partial charge in [-0.15, -0.1) is 10.2 Å². The molecule has 1 aliphatic carbocycles. The summed E-state index contributed by atoms with van der Waals surface area (Å²) in [5, 5.41) is 12.5. The van der Waals surface area contributed by atoms with Gasteiger partial charge in [0.2, 0.25) is 5.91 Å². The Bertz CT molecular complexity index is 773. The molecule has 140 valence electrons. The lowest BCUT2D eigenvalue weighted by atomic mass is 9.86. The van der Waals surface area contributed by atoms with E-state index in [2.05, 4.69) is 35.4 Å². The van der Waals surface area contributed by atoms with Crippen LogP contribution in [0.25, 0.3) is 11.4 Å². The van der Waals surface area contributed by atoms with Crippen LogP contribution in [-0.4, -0.2) is 32.0 Å². The number of hydrogen-bond acceptors (Lipinski definition) is 4. The highest BCUT2D eigenvalue weighted by molar-refractivity contribution is 8.00. The van der Waals surface area contributed by atoms with Crippen molar-refractivity contribution in [3.8, 4) is 11.4 Å². The first-order valence-corrected chi connectivity index (χ1v) is 10.3. The van der Waals surface area contributed by atoms with E-state index in [1.54, 1.807) is 0 Å². The largest absolute Gasteiger partial charge is 0.352 e. The lowest BCUT2D eigenvalue weighted by Crippen LogP contribution is -2.44. The first-order valence-electron chi connectivity index (χ1n) is 9.39. The summed E-state index contributed by atoms with van der Waals surface area (Å²) in [6.45, 7) is 6.24. The molecule has 3 atom stereocenters. The quantitative estimate of drug-likeness (QED) is 0.807. The molecule has 3 rings (SSSR count). The summed E-state index contributed by atoms with van der Waals surface area (Å²) in [5.41, 5.74) is 2.24. The van der Waals surface area contributed by atoms with Gasteiger partial charge in [0.05, 0.1) is 5.25 Å². The fourth-order valence-corrected chi connectivity index (χ4v) is 4.34. The van der Waals surface area contributed by atoms with E-state index in [1.807, 2.05) is 36.7 Å². The summed E-state index contributed by atoms with van der Waals surface area (Å²) in [6.07, 6.45) is 4.78. The zero-order valence-electron chi connectivity index (χ0n) is 16.0. The molecule has 5 nitrogen and oxygen atoms in total. The highest BCUT2D eigenvalue weighted by Crippen LogP contribution is 2.28. The predicted molar refractivity (Wildman–Crippen MR) is 106 cm³/mol. The number of thioether (sulfide) groups is 1. The van der Waals surface area contributed by atoms with Gasteiger partial charge in [0.15, 0.2) is 11.0 Å². The molecule has 1 N–H and O–H groups in total. The van der Waals surface area contributed by atoms with Crippen LogP contribution in [0.15, 0.2) is 29.4 Å². The van der Waals surface area contributed by atoms with E-state index >= 15 is 0 Å². The van der Waals surface area contributed by atoms with Gasteiger partial charge in [0.1, 0.15) is 0 Å². The molecule has 6 heteroatoms. The number of rotatable bonds is 5. The smallest absolute Gasteiger partial charge is 0.233 e. The second-order valence-corrected chi connectivity index (χ2v) is 8.62. The maximum atomic E-state index is 12.6. The summed E-state index contributed by atoms with van der Waals surface area (Å²) in [5.74, 6) is 1.49. The molecule has 0 spiro atoms. The van der Waals surface area contributed by atoms with Crippen LogP contribution in [0.2, 0.25) is 0 Å². The van der Waals surface area contributed by atoms with Crippen molar-refractivity contribution in [2.75, 3.05) is 0 Å². The van der Waals surface area contributed by atoms with Crippen LogP contribution in [0.5, 0.6) is 0 Å². The first kappa shape index (κ1) is 19.0. The topological polar surface area (TPSA) is 59.8 Å². The molecule has 0 saturated heterocycles. The second-order valence-electron chi connectivity index (χ2n) is 7.32. The number of nitrogens with one attached hydrogen (secondary N) is 1. The summed E-state index contributed by atoms with van der Waals surface area (Å²) >= 11 is 1.47. The van der Waals surface area contributed by atoms with Gasteiger partial charge in [-0.2, -0.15) is 0 Å². The van der Waals surface area contributed by atoms with Crippen molar-refractivity contribution in [2.45, 2.75) is 62.9 Å². The molecule has 1 amide bonds. The van der Waals surface area contributed by atoms with Gasteiger partial charge in [0.25, 0.3) is 0 Å². The van der Waals surface area contributed by atoms with Crippen molar-refractivity contribution in [2.24, 2.45) is 13.0 Å². The summed E-state index contributed by atoms with van der Waals surface area (Å²) < 4.78 is 1.97. The molecule has 0 bridgehead atoms. The summed E-state index contributed by atoms with van der Waals surface area (Å²) in [6, 6.07) is 8.45. The van der Waals surface area contributed by atoms with Crippen molar-refractivity contribution in [3.63, 3.8) is 0 Å². The Morgan fingerprint density at radius 3 is 2.73 bits per heavy atom. The van der Waals surface area contributed by atoms with Crippen molar-refractivity contribution >= 4 is 17.7 Å². The Hall–Kier alpha value is -1.82. The second kappa shape index (κ2) is 8.25. The Morgan fingerprint density at radius 2 is 2.00 bits per heavy atom. The van der Waals surface area contributed by atoms with Crippen LogP contribution in [-0.2, 0) is 11.8 Å². The highest BCUT2D eigenvalue weighted by atomic mass is 32.2. The Morgan fingerprint density at radius 1 is 1.27 bits per heavy atom. The first-order chi connectivity index (χ1) is 12.5. The Kier molecular flexibility index (Phi) is 6.01. The van der Waals surface area contributed by atoms with Gasteiger partial charge in [-0.25, -0.2) is 0 Å². The van der Waals surface area contributed by atoms with E-state index < -0.39 is 0 Å². The van der Waals surface area contributed by atoms with Crippen LogP contribution >= 0.6 is 11.8 Å². The number of hydrogen-bond donors (Lipinski definition) is 1. The molecule has 0 radical (unpaired) electrons. The van der Waals surface area contributed by atoms with Crippen LogP contribution in [0.3, 0.4) is 0 Å². The minimum atomic E-state index is -0.197. The monoisotopic (exact) mass is 372 g/mol. The van der Waals surface area contributed by atoms with Crippen LogP contribution in [0, 0.1) is 12.8 Å². The van der Waals surface area contributed by atoms with E-state index in [0.717, 1.165) is 28.5 Å². The summed E-state index contributed by atoms with van der Waals surface area (Å²) in [4.78, 5) is 12.6. The van der Waals surface area contributed by atoms with Gasteiger partial charge in [-0.3, -0.25) is 4.79 Å². The Labute approximate surface area is 160 Å².